The molecular weight excluding hydrogens is 226 g/mol. The van der Waals surface area contributed by atoms with Crippen molar-refractivity contribution < 1.29 is 27.3 Å². The lowest BCUT2D eigenvalue weighted by Crippen LogP contribution is -3.00. The maximum absolute atomic E-state index is 11.6. The molecule has 0 aromatic heterocycles. The second-order valence-corrected chi connectivity index (χ2v) is 3.76. The summed E-state index contributed by atoms with van der Waals surface area (Å²) < 4.78 is 5.03. The van der Waals surface area contributed by atoms with E-state index in [0.717, 1.165) is 12.8 Å². The number of ether oxygens (including phenoxy) is 1. The van der Waals surface area contributed by atoms with Crippen molar-refractivity contribution in [3.05, 3.63) is 29.8 Å². The second kappa shape index (κ2) is 5.87. The number of carbonyl (C=O) groups is 1. The minimum Gasteiger partial charge on any atom is -1.00 e. The molecule has 88 valence electrons. The van der Waals surface area contributed by atoms with Crippen LogP contribution in [0.5, 0.6) is 0 Å². The average molecular weight is 242 g/mol. The lowest BCUT2D eigenvalue weighted by molar-refractivity contribution is -0.603. The highest BCUT2D eigenvalue weighted by Crippen LogP contribution is 2.17. The molecule has 16 heavy (non-hydrogen) atoms. The molecule has 1 aliphatic heterocycles. The van der Waals surface area contributed by atoms with Crippen LogP contribution in [0, 0.1) is 0 Å². The van der Waals surface area contributed by atoms with Crippen LogP contribution in [-0.4, -0.2) is 18.6 Å². The molecule has 4 heteroatoms. The number of quaternary nitrogens is 1. The van der Waals surface area contributed by atoms with Crippen molar-refractivity contribution in [2.24, 2.45) is 0 Å². The number of fused-ring (bicyclic) bond motifs is 1. The van der Waals surface area contributed by atoms with Crippen LogP contribution in [0.15, 0.2) is 24.3 Å². The fourth-order valence-corrected chi connectivity index (χ4v) is 1.97. The smallest absolute Gasteiger partial charge is 0.365 e. The molecule has 1 atom stereocenters. The molecule has 0 amide bonds. The molecular formula is C12H16ClNO2. The molecule has 0 bridgehead atoms. The second-order valence-electron chi connectivity index (χ2n) is 3.76. The van der Waals surface area contributed by atoms with Crippen LogP contribution in [0.4, 0.5) is 5.69 Å². The van der Waals surface area contributed by atoms with Gasteiger partial charge in [0.05, 0.1) is 6.61 Å². The van der Waals surface area contributed by atoms with Crippen LogP contribution in [0.25, 0.3) is 0 Å². The minimum absolute atomic E-state index is 0. The van der Waals surface area contributed by atoms with E-state index in [1.807, 2.05) is 24.4 Å². The summed E-state index contributed by atoms with van der Waals surface area (Å²) in [6.07, 6.45) is 1.84. The number of aryl methyl sites for hydroxylation is 1. The van der Waals surface area contributed by atoms with Crippen molar-refractivity contribution in [3.8, 4) is 0 Å². The van der Waals surface area contributed by atoms with Crippen LogP contribution in [0.2, 0.25) is 0 Å². The number of hydrogen-bond donors (Lipinski definition) is 1. The van der Waals surface area contributed by atoms with Crippen molar-refractivity contribution >= 4 is 11.7 Å². The Labute approximate surface area is 102 Å². The van der Waals surface area contributed by atoms with Gasteiger partial charge in [-0.1, -0.05) is 18.2 Å². The standard InChI is InChI=1S/C12H15NO2.ClH/c1-2-15-12(14)11-8-7-9-5-3-4-6-10(9)13-11;/h3-6,11,13H,2,7-8H2,1H3;1H/t11-;/m0./s1. The first-order valence-electron chi connectivity index (χ1n) is 5.40. The van der Waals surface area contributed by atoms with Gasteiger partial charge < -0.3 is 22.5 Å². The van der Waals surface area contributed by atoms with Crippen molar-refractivity contribution in [3.63, 3.8) is 0 Å². The Kier molecular flexibility index (Phi) is 4.77. The monoisotopic (exact) mass is 241 g/mol. The van der Waals surface area contributed by atoms with Gasteiger partial charge in [0, 0.05) is 12.0 Å². The number of halogens is 1. The van der Waals surface area contributed by atoms with E-state index in [1.165, 1.54) is 11.3 Å². The Balaban J connectivity index is 0.00000128. The van der Waals surface area contributed by atoms with Crippen LogP contribution in [0.3, 0.4) is 0 Å². The summed E-state index contributed by atoms with van der Waals surface area (Å²) in [5.74, 6) is -0.0907. The molecule has 1 aromatic carbocycles. The Morgan fingerprint density at radius 3 is 3.00 bits per heavy atom. The fraction of sp³-hybridized carbons (Fsp3) is 0.417. The van der Waals surface area contributed by atoms with Gasteiger partial charge in [-0.15, -0.1) is 0 Å². The number of rotatable bonds is 2. The molecule has 0 fully saturated rings. The number of para-hydroxylation sites is 1. The van der Waals surface area contributed by atoms with E-state index in [9.17, 15) is 4.79 Å². The maximum atomic E-state index is 11.6. The summed E-state index contributed by atoms with van der Waals surface area (Å²) in [7, 11) is 0. The highest BCUT2D eigenvalue weighted by molar-refractivity contribution is 5.74. The average Bonchev–Trinajstić information content (AvgIpc) is 2.29. The summed E-state index contributed by atoms with van der Waals surface area (Å²) in [5, 5.41) is 2.02. The predicted molar refractivity (Wildman–Crippen MR) is 56.8 cm³/mol. The lowest BCUT2D eigenvalue weighted by atomic mass is 9.98. The molecule has 0 spiro atoms. The van der Waals surface area contributed by atoms with Crippen molar-refractivity contribution in [2.45, 2.75) is 25.8 Å². The van der Waals surface area contributed by atoms with Gasteiger partial charge in [0.2, 0.25) is 0 Å². The number of carbonyl (C=O) groups excluding carboxylic acids is 1. The number of nitrogens with two attached hydrogens (primary N) is 1. The first-order chi connectivity index (χ1) is 7.31. The minimum atomic E-state index is -0.0907. The third-order valence-electron chi connectivity index (χ3n) is 2.75. The van der Waals surface area contributed by atoms with Gasteiger partial charge in [-0.2, -0.15) is 0 Å². The van der Waals surface area contributed by atoms with Crippen LogP contribution in [0.1, 0.15) is 18.9 Å². The quantitative estimate of drug-likeness (QED) is 0.470. The Bertz CT molecular complexity index is 368. The summed E-state index contributed by atoms with van der Waals surface area (Å²) >= 11 is 0. The molecule has 1 aliphatic rings. The molecule has 0 aliphatic carbocycles. The fourth-order valence-electron chi connectivity index (χ4n) is 1.97. The summed E-state index contributed by atoms with van der Waals surface area (Å²) in [6.45, 7) is 2.31. The Morgan fingerprint density at radius 2 is 2.25 bits per heavy atom. The highest BCUT2D eigenvalue weighted by Gasteiger charge is 2.28. The zero-order valence-corrected chi connectivity index (χ0v) is 10.0. The molecule has 0 unspecified atom stereocenters. The molecule has 0 saturated carbocycles. The van der Waals surface area contributed by atoms with E-state index in [1.54, 1.807) is 0 Å². The van der Waals surface area contributed by atoms with Crippen molar-refractivity contribution in [1.29, 1.82) is 0 Å². The van der Waals surface area contributed by atoms with E-state index in [-0.39, 0.29) is 24.4 Å². The Morgan fingerprint density at radius 1 is 1.50 bits per heavy atom. The van der Waals surface area contributed by atoms with Gasteiger partial charge in [-0.05, 0) is 19.4 Å². The topological polar surface area (TPSA) is 42.9 Å². The van der Waals surface area contributed by atoms with E-state index >= 15 is 0 Å². The van der Waals surface area contributed by atoms with Gasteiger partial charge in [0.15, 0.2) is 6.04 Å². The van der Waals surface area contributed by atoms with Gasteiger partial charge in [-0.25, -0.2) is 4.79 Å². The van der Waals surface area contributed by atoms with Gasteiger partial charge in [0.1, 0.15) is 5.69 Å². The van der Waals surface area contributed by atoms with Gasteiger partial charge >= 0.3 is 5.97 Å². The zero-order valence-electron chi connectivity index (χ0n) is 9.28. The first kappa shape index (κ1) is 13.0. The Hall–Kier alpha value is -1.06. The van der Waals surface area contributed by atoms with E-state index in [4.69, 9.17) is 4.74 Å². The largest absolute Gasteiger partial charge is 1.00 e. The molecule has 2 N–H and O–H groups in total. The molecule has 0 saturated heterocycles. The van der Waals surface area contributed by atoms with E-state index < -0.39 is 0 Å². The highest BCUT2D eigenvalue weighted by atomic mass is 35.5. The summed E-state index contributed by atoms with van der Waals surface area (Å²) in [5.41, 5.74) is 2.51. The van der Waals surface area contributed by atoms with Crippen molar-refractivity contribution in [1.82, 2.24) is 0 Å². The van der Waals surface area contributed by atoms with Crippen LogP contribution >= 0.6 is 0 Å². The normalized spacial score (nSPS) is 18.2. The molecule has 2 rings (SSSR count). The van der Waals surface area contributed by atoms with Crippen LogP contribution in [-0.2, 0) is 16.0 Å². The third-order valence-corrected chi connectivity index (χ3v) is 2.75. The molecule has 3 nitrogen and oxygen atoms in total. The maximum Gasteiger partial charge on any atom is 0.365 e. The number of benzene rings is 1. The third kappa shape index (κ3) is 2.74. The van der Waals surface area contributed by atoms with E-state index in [0.29, 0.717) is 6.61 Å². The number of hydrogen-bond acceptors (Lipinski definition) is 2. The van der Waals surface area contributed by atoms with Crippen molar-refractivity contribution in [2.75, 3.05) is 6.61 Å². The molecule has 1 aromatic rings. The van der Waals surface area contributed by atoms with E-state index in [2.05, 4.69) is 12.1 Å². The first-order valence-corrected chi connectivity index (χ1v) is 5.40. The van der Waals surface area contributed by atoms with Gasteiger partial charge in [0.25, 0.3) is 0 Å². The summed E-state index contributed by atoms with van der Waals surface area (Å²) in [4.78, 5) is 11.6. The SMILES string of the molecule is CCOC(=O)[C@@H]1CCc2ccccc2[NH2+]1.[Cl-]. The van der Waals surface area contributed by atoms with Gasteiger partial charge in [-0.3, -0.25) is 0 Å². The van der Waals surface area contributed by atoms with Crippen LogP contribution < -0.4 is 17.7 Å². The number of esters is 1. The molecule has 1 heterocycles. The lowest BCUT2D eigenvalue weighted by Gasteiger charge is -2.20. The zero-order chi connectivity index (χ0) is 10.7. The molecule has 0 radical (unpaired) electrons. The summed E-state index contributed by atoms with van der Waals surface area (Å²) in [6, 6.07) is 8.16. The predicted octanol–water partition coefficient (Wildman–Crippen LogP) is -2.24.